The summed E-state index contributed by atoms with van der Waals surface area (Å²) in [6.45, 7) is 4.87. The Morgan fingerprint density at radius 3 is 2.29 bits per heavy atom. The summed E-state index contributed by atoms with van der Waals surface area (Å²) >= 11 is 0. The van der Waals surface area contributed by atoms with Crippen LogP contribution >= 0.6 is 0 Å². The van der Waals surface area contributed by atoms with Crippen LogP contribution in [0, 0.1) is 29.5 Å². The summed E-state index contributed by atoms with van der Waals surface area (Å²) in [4.78, 5) is 42.2. The summed E-state index contributed by atoms with van der Waals surface area (Å²) in [6.07, 6.45) is 4.91. The van der Waals surface area contributed by atoms with Gasteiger partial charge >= 0.3 is 0 Å². The molecule has 28 heavy (non-hydrogen) atoms. The highest BCUT2D eigenvalue weighted by atomic mass is 19.1. The number of likely N-dealkylation sites (tertiary alicyclic amines) is 1. The predicted octanol–water partition coefficient (Wildman–Crippen LogP) is 2.93. The van der Waals surface area contributed by atoms with Crippen molar-refractivity contribution in [2.45, 2.75) is 32.7 Å². The van der Waals surface area contributed by atoms with Crippen molar-refractivity contribution in [3.05, 3.63) is 47.8 Å². The summed E-state index contributed by atoms with van der Waals surface area (Å²) in [5.41, 5.74) is 0.488. The fraction of sp³-hybridized carbons (Fsp3) is 0.500. The molecule has 3 amide bonds. The minimum absolute atomic E-state index is 0.0230. The van der Waals surface area contributed by atoms with Crippen LogP contribution in [0.4, 0.5) is 4.39 Å². The molecular weight excluding hydrogens is 359 g/mol. The number of allylic oxidation sites excluding steroid dienone is 2. The van der Waals surface area contributed by atoms with E-state index < -0.39 is 11.9 Å². The number of imide groups is 1. The van der Waals surface area contributed by atoms with Crippen LogP contribution in [0.1, 0.15) is 38.3 Å². The fourth-order valence-electron chi connectivity index (χ4n) is 5.18. The quantitative estimate of drug-likeness (QED) is 0.560. The number of hydrogen-bond donors (Lipinski definition) is 0. The Balaban J connectivity index is 1.69. The van der Waals surface area contributed by atoms with Gasteiger partial charge in [-0.05, 0) is 49.8 Å². The van der Waals surface area contributed by atoms with Crippen LogP contribution in [0.15, 0.2) is 36.4 Å². The predicted molar refractivity (Wildman–Crippen MR) is 101 cm³/mol. The highest BCUT2D eigenvalue weighted by molar-refractivity contribution is 6.07. The molecule has 1 heterocycles. The van der Waals surface area contributed by atoms with Gasteiger partial charge in [0.15, 0.2) is 0 Å². The minimum atomic E-state index is -0.770. The van der Waals surface area contributed by atoms with E-state index in [1.54, 1.807) is 17.0 Å². The zero-order valence-electron chi connectivity index (χ0n) is 16.2. The molecular formula is C22H25FN2O3. The summed E-state index contributed by atoms with van der Waals surface area (Å²) in [5.74, 6) is -1.48. The molecule has 3 aliphatic rings. The lowest BCUT2D eigenvalue weighted by Crippen LogP contribution is -2.40. The van der Waals surface area contributed by atoms with Crippen molar-refractivity contribution in [2.24, 2.45) is 23.7 Å². The molecule has 0 aromatic heterocycles. The number of rotatable bonds is 6. The second-order valence-electron chi connectivity index (χ2n) is 7.89. The number of carbonyl (C=O) groups is 3. The first kappa shape index (κ1) is 18.8. The van der Waals surface area contributed by atoms with E-state index in [0.29, 0.717) is 18.7 Å². The van der Waals surface area contributed by atoms with E-state index in [2.05, 4.69) is 0 Å². The van der Waals surface area contributed by atoms with Gasteiger partial charge in [-0.2, -0.15) is 0 Å². The van der Waals surface area contributed by atoms with Crippen LogP contribution in [0.25, 0.3) is 0 Å². The molecule has 0 radical (unpaired) electrons. The summed E-state index contributed by atoms with van der Waals surface area (Å²) < 4.78 is 13.9. The molecule has 1 saturated carbocycles. The van der Waals surface area contributed by atoms with E-state index in [4.69, 9.17) is 0 Å². The van der Waals surface area contributed by atoms with Crippen LogP contribution in [-0.4, -0.2) is 40.6 Å². The monoisotopic (exact) mass is 384 g/mol. The van der Waals surface area contributed by atoms with E-state index in [9.17, 15) is 18.8 Å². The molecule has 5 unspecified atom stereocenters. The van der Waals surface area contributed by atoms with Crippen molar-refractivity contribution in [3.8, 4) is 0 Å². The molecule has 5 atom stereocenters. The van der Waals surface area contributed by atoms with Gasteiger partial charge in [-0.1, -0.05) is 24.3 Å². The molecule has 1 saturated heterocycles. The number of hydrogen-bond acceptors (Lipinski definition) is 3. The van der Waals surface area contributed by atoms with E-state index in [1.165, 1.54) is 17.0 Å². The molecule has 1 aromatic carbocycles. The third kappa shape index (κ3) is 2.86. The molecule has 0 spiro atoms. The topological polar surface area (TPSA) is 57.7 Å². The smallest absolute Gasteiger partial charge is 0.234 e. The normalized spacial score (nSPS) is 28.8. The van der Waals surface area contributed by atoms with Crippen molar-refractivity contribution < 1.29 is 18.8 Å². The second-order valence-corrected chi connectivity index (χ2v) is 7.89. The first-order valence-electron chi connectivity index (χ1n) is 10.0. The molecule has 148 valence electrons. The summed E-state index contributed by atoms with van der Waals surface area (Å²) in [6, 6.07) is 5.11. The molecule has 5 nitrogen and oxygen atoms in total. The average molecular weight is 384 g/mol. The Bertz CT molecular complexity index is 818. The molecule has 1 aromatic rings. The van der Waals surface area contributed by atoms with Crippen LogP contribution in [0.3, 0.4) is 0 Å². The summed E-state index contributed by atoms with van der Waals surface area (Å²) in [7, 11) is 0. The molecule has 0 N–H and O–H groups in total. The largest absolute Gasteiger partial charge is 0.343 e. The zero-order valence-corrected chi connectivity index (χ0v) is 16.2. The third-order valence-corrected chi connectivity index (χ3v) is 6.53. The third-order valence-electron chi connectivity index (χ3n) is 6.53. The Labute approximate surface area is 164 Å². The van der Waals surface area contributed by atoms with E-state index >= 15 is 0 Å². The van der Waals surface area contributed by atoms with Gasteiger partial charge in [-0.15, -0.1) is 0 Å². The van der Waals surface area contributed by atoms with Gasteiger partial charge in [-0.3, -0.25) is 19.3 Å². The Morgan fingerprint density at radius 1 is 1.14 bits per heavy atom. The molecule has 2 fully saturated rings. The van der Waals surface area contributed by atoms with Crippen molar-refractivity contribution in [2.75, 3.05) is 13.1 Å². The van der Waals surface area contributed by atoms with E-state index in [-0.39, 0.29) is 47.8 Å². The van der Waals surface area contributed by atoms with Gasteiger partial charge in [0, 0.05) is 13.1 Å². The number of nitrogens with zero attached hydrogens (tertiary/aromatic N) is 2. The van der Waals surface area contributed by atoms with Crippen LogP contribution in [0.2, 0.25) is 0 Å². The minimum Gasteiger partial charge on any atom is -0.343 e. The Morgan fingerprint density at radius 2 is 1.75 bits per heavy atom. The first-order valence-corrected chi connectivity index (χ1v) is 10.0. The number of halogens is 1. The lowest BCUT2D eigenvalue weighted by Gasteiger charge is -2.30. The van der Waals surface area contributed by atoms with Gasteiger partial charge in [0.05, 0.1) is 24.3 Å². The van der Waals surface area contributed by atoms with Crippen molar-refractivity contribution >= 4 is 17.7 Å². The highest BCUT2D eigenvalue weighted by Crippen LogP contribution is 2.54. The Hall–Kier alpha value is -2.50. The molecule has 6 heteroatoms. The summed E-state index contributed by atoms with van der Waals surface area (Å²) in [5, 5.41) is 0. The standard InChI is InChI=1S/C22H25FN2O3/c1-3-24(4-2)18(26)12-17(13-6-5-7-16(23)11-13)25-21(27)19-14-8-9-15(10-14)20(19)22(25)28/h5-9,11,14-15,17,19-20H,3-4,10,12H2,1-2H3. The van der Waals surface area contributed by atoms with Gasteiger partial charge in [0.2, 0.25) is 17.7 Å². The lowest BCUT2D eigenvalue weighted by atomic mass is 9.85. The zero-order chi connectivity index (χ0) is 20.0. The van der Waals surface area contributed by atoms with E-state index in [1.807, 2.05) is 26.0 Å². The molecule has 4 rings (SSSR count). The van der Waals surface area contributed by atoms with E-state index in [0.717, 1.165) is 6.42 Å². The van der Waals surface area contributed by atoms with Gasteiger partial charge in [0.1, 0.15) is 5.82 Å². The highest BCUT2D eigenvalue weighted by Gasteiger charge is 2.60. The number of fused-ring (bicyclic) bond motifs is 5. The molecule has 1 aliphatic heterocycles. The van der Waals surface area contributed by atoms with Gasteiger partial charge in [0.25, 0.3) is 0 Å². The number of amides is 3. The maximum Gasteiger partial charge on any atom is 0.234 e. The van der Waals surface area contributed by atoms with Crippen LogP contribution < -0.4 is 0 Å². The SMILES string of the molecule is CCN(CC)C(=O)CC(c1cccc(F)c1)N1C(=O)C2C3C=CC(C3)C2C1=O. The molecule has 2 aliphatic carbocycles. The van der Waals surface area contributed by atoms with Crippen molar-refractivity contribution in [1.82, 2.24) is 9.80 Å². The van der Waals surface area contributed by atoms with Crippen molar-refractivity contribution in [1.29, 1.82) is 0 Å². The van der Waals surface area contributed by atoms with Crippen LogP contribution in [0.5, 0.6) is 0 Å². The Kier molecular flexibility index (Phi) is 4.81. The molecule has 2 bridgehead atoms. The van der Waals surface area contributed by atoms with Crippen molar-refractivity contribution in [3.63, 3.8) is 0 Å². The average Bonchev–Trinajstić information content (AvgIpc) is 3.35. The fourth-order valence-corrected chi connectivity index (χ4v) is 5.18. The van der Waals surface area contributed by atoms with Crippen LogP contribution in [-0.2, 0) is 14.4 Å². The number of carbonyl (C=O) groups excluding carboxylic acids is 3. The van der Waals surface area contributed by atoms with Gasteiger partial charge in [-0.25, -0.2) is 4.39 Å². The first-order chi connectivity index (χ1) is 13.5. The maximum atomic E-state index is 13.9. The maximum absolute atomic E-state index is 13.9. The number of benzene rings is 1. The van der Waals surface area contributed by atoms with Gasteiger partial charge < -0.3 is 4.90 Å². The second kappa shape index (κ2) is 7.15. The lowest BCUT2D eigenvalue weighted by molar-refractivity contribution is -0.145.